The van der Waals surface area contributed by atoms with Crippen molar-refractivity contribution < 1.29 is 9.72 Å². The fourth-order valence-electron chi connectivity index (χ4n) is 2.57. The first-order valence-electron chi connectivity index (χ1n) is 7.38. The van der Waals surface area contributed by atoms with Gasteiger partial charge in [0.2, 0.25) is 5.91 Å². The summed E-state index contributed by atoms with van der Waals surface area (Å²) in [5.74, 6) is 0.833. The maximum Gasteiger partial charge on any atom is 0.269 e. The van der Waals surface area contributed by atoms with Crippen LogP contribution in [0.3, 0.4) is 0 Å². The van der Waals surface area contributed by atoms with E-state index >= 15 is 0 Å². The molecular weight excluding hydrogens is 302 g/mol. The van der Waals surface area contributed by atoms with Gasteiger partial charge in [0.15, 0.2) is 0 Å². The topological polar surface area (TPSA) is 89.5 Å². The largest absolute Gasteiger partial charge is 0.342 e. The van der Waals surface area contributed by atoms with Gasteiger partial charge in [-0.1, -0.05) is 0 Å². The molecule has 6 nitrogen and oxygen atoms in total. The third kappa shape index (κ3) is 4.45. The Morgan fingerprint density at radius 1 is 1.50 bits per heavy atom. The van der Waals surface area contributed by atoms with Crippen LogP contribution in [-0.2, 0) is 4.79 Å². The third-order valence-electron chi connectivity index (χ3n) is 3.96. The molecule has 22 heavy (non-hydrogen) atoms. The van der Waals surface area contributed by atoms with Crippen LogP contribution in [0.25, 0.3) is 0 Å². The van der Waals surface area contributed by atoms with Crippen LogP contribution in [0.1, 0.15) is 19.8 Å². The fourth-order valence-corrected chi connectivity index (χ4v) is 3.37. The van der Waals surface area contributed by atoms with Crippen molar-refractivity contribution in [2.24, 2.45) is 11.7 Å². The lowest BCUT2D eigenvalue weighted by Crippen LogP contribution is -2.45. The van der Waals surface area contributed by atoms with Gasteiger partial charge in [0.25, 0.3) is 5.69 Å². The molecular formula is C15H21N3O3S. The third-order valence-corrected chi connectivity index (χ3v) is 4.96. The smallest absolute Gasteiger partial charge is 0.269 e. The van der Waals surface area contributed by atoms with Gasteiger partial charge in [-0.25, -0.2) is 0 Å². The van der Waals surface area contributed by atoms with E-state index in [1.54, 1.807) is 12.1 Å². The fraction of sp³-hybridized carbons (Fsp3) is 0.533. The Bertz CT molecular complexity index is 533. The van der Waals surface area contributed by atoms with E-state index in [1.165, 1.54) is 23.9 Å². The van der Waals surface area contributed by atoms with Gasteiger partial charge in [-0.05, 0) is 37.8 Å². The molecule has 0 saturated carbocycles. The number of piperidine rings is 1. The van der Waals surface area contributed by atoms with Crippen molar-refractivity contribution in [2.75, 3.05) is 18.8 Å². The highest BCUT2D eigenvalue weighted by molar-refractivity contribution is 8.00. The zero-order valence-electron chi connectivity index (χ0n) is 12.6. The molecule has 0 spiro atoms. The summed E-state index contributed by atoms with van der Waals surface area (Å²) in [6.07, 6.45) is 2.08. The second-order valence-corrected chi connectivity index (χ2v) is 6.69. The molecule has 1 aliphatic rings. The predicted molar refractivity (Wildman–Crippen MR) is 86.8 cm³/mol. The summed E-state index contributed by atoms with van der Waals surface area (Å²) < 4.78 is 0. The number of rotatable bonds is 5. The maximum absolute atomic E-state index is 12.3. The number of nitrogens with zero attached hydrogens (tertiary/aromatic N) is 2. The number of likely N-dealkylation sites (tertiary alicyclic amines) is 1. The van der Waals surface area contributed by atoms with Gasteiger partial charge in [-0.2, -0.15) is 0 Å². The highest BCUT2D eigenvalue weighted by Gasteiger charge is 2.25. The molecule has 1 amide bonds. The normalized spacial score (nSPS) is 19.7. The average Bonchev–Trinajstić information content (AvgIpc) is 2.53. The minimum absolute atomic E-state index is 0.0616. The zero-order valence-corrected chi connectivity index (χ0v) is 13.4. The molecule has 2 rings (SSSR count). The lowest BCUT2D eigenvalue weighted by molar-refractivity contribution is -0.384. The van der Waals surface area contributed by atoms with E-state index in [2.05, 4.69) is 0 Å². The summed E-state index contributed by atoms with van der Waals surface area (Å²) in [4.78, 5) is 25.2. The van der Waals surface area contributed by atoms with E-state index in [1.807, 2.05) is 11.8 Å². The summed E-state index contributed by atoms with van der Waals surface area (Å²) in [5.41, 5.74) is 6.00. The van der Waals surface area contributed by atoms with Gasteiger partial charge >= 0.3 is 0 Å². The van der Waals surface area contributed by atoms with Crippen LogP contribution < -0.4 is 5.73 Å². The Balaban J connectivity index is 1.85. The quantitative estimate of drug-likeness (QED) is 0.510. The summed E-state index contributed by atoms with van der Waals surface area (Å²) in [6.45, 7) is 3.52. The molecule has 1 heterocycles. The molecule has 0 bridgehead atoms. The van der Waals surface area contributed by atoms with Crippen molar-refractivity contribution in [1.29, 1.82) is 0 Å². The number of thioether (sulfide) groups is 1. The number of nitro benzene ring substituents is 1. The highest BCUT2D eigenvalue weighted by Crippen LogP contribution is 2.23. The molecule has 1 fully saturated rings. The Morgan fingerprint density at radius 2 is 2.18 bits per heavy atom. The monoisotopic (exact) mass is 323 g/mol. The zero-order chi connectivity index (χ0) is 16.1. The Morgan fingerprint density at radius 3 is 2.77 bits per heavy atom. The number of nitro groups is 1. The minimum atomic E-state index is -0.429. The van der Waals surface area contributed by atoms with Crippen LogP contribution in [0, 0.1) is 16.0 Å². The molecule has 1 aliphatic heterocycles. The van der Waals surface area contributed by atoms with Crippen LogP contribution in [0.15, 0.2) is 29.2 Å². The maximum atomic E-state index is 12.3. The van der Waals surface area contributed by atoms with E-state index < -0.39 is 4.92 Å². The van der Waals surface area contributed by atoms with E-state index in [0.717, 1.165) is 30.8 Å². The van der Waals surface area contributed by atoms with Crippen molar-refractivity contribution >= 4 is 23.4 Å². The Kier molecular flexibility index (Phi) is 5.79. The predicted octanol–water partition coefficient (Wildman–Crippen LogP) is 2.27. The van der Waals surface area contributed by atoms with E-state index in [-0.39, 0.29) is 17.6 Å². The summed E-state index contributed by atoms with van der Waals surface area (Å²) >= 11 is 1.41. The number of carbonyl (C=O) groups excluding carboxylic acids is 1. The van der Waals surface area contributed by atoms with Gasteiger partial charge in [0.1, 0.15) is 0 Å². The Hall–Kier alpha value is -1.60. The molecule has 0 aliphatic carbocycles. The SMILES string of the molecule is CC(N)C1CCCN(C(=O)CSc2ccc([N+](=O)[O-])cc2)C1. The van der Waals surface area contributed by atoms with Crippen LogP contribution in [0.2, 0.25) is 0 Å². The number of benzene rings is 1. The summed E-state index contributed by atoms with van der Waals surface area (Å²) in [6, 6.07) is 6.38. The van der Waals surface area contributed by atoms with Gasteiger partial charge in [-0.3, -0.25) is 14.9 Å². The minimum Gasteiger partial charge on any atom is -0.342 e. The summed E-state index contributed by atoms with van der Waals surface area (Å²) in [7, 11) is 0. The molecule has 120 valence electrons. The molecule has 1 aromatic rings. The second-order valence-electron chi connectivity index (χ2n) is 5.64. The van der Waals surface area contributed by atoms with Crippen LogP contribution in [0.5, 0.6) is 0 Å². The standard InChI is InChI=1S/C15H21N3O3S/c1-11(16)12-3-2-8-17(9-12)15(19)10-22-14-6-4-13(5-7-14)18(20)21/h4-7,11-12H,2-3,8-10,16H2,1H3. The van der Waals surface area contributed by atoms with Crippen LogP contribution in [-0.4, -0.2) is 40.6 Å². The average molecular weight is 323 g/mol. The van der Waals surface area contributed by atoms with Crippen molar-refractivity contribution in [3.63, 3.8) is 0 Å². The number of hydrogen-bond donors (Lipinski definition) is 1. The number of carbonyl (C=O) groups is 1. The van der Waals surface area contributed by atoms with E-state index in [0.29, 0.717) is 11.7 Å². The molecule has 2 atom stereocenters. The van der Waals surface area contributed by atoms with Crippen molar-refractivity contribution in [2.45, 2.75) is 30.7 Å². The van der Waals surface area contributed by atoms with Crippen molar-refractivity contribution in [3.05, 3.63) is 34.4 Å². The van der Waals surface area contributed by atoms with Crippen LogP contribution in [0.4, 0.5) is 5.69 Å². The van der Waals surface area contributed by atoms with Gasteiger partial charge in [0, 0.05) is 36.2 Å². The Labute approximate surface area is 134 Å². The first-order valence-corrected chi connectivity index (χ1v) is 8.36. The van der Waals surface area contributed by atoms with Crippen LogP contribution >= 0.6 is 11.8 Å². The lowest BCUT2D eigenvalue weighted by Gasteiger charge is -2.34. The molecule has 2 unspecified atom stereocenters. The molecule has 0 radical (unpaired) electrons. The first kappa shape index (κ1) is 16.8. The molecule has 7 heteroatoms. The van der Waals surface area contributed by atoms with Crippen molar-refractivity contribution in [1.82, 2.24) is 4.90 Å². The number of nitrogens with two attached hydrogens (primary N) is 1. The van der Waals surface area contributed by atoms with E-state index in [9.17, 15) is 14.9 Å². The molecule has 0 aromatic heterocycles. The number of non-ortho nitro benzene ring substituents is 1. The lowest BCUT2D eigenvalue weighted by atomic mass is 9.92. The number of amides is 1. The first-order chi connectivity index (χ1) is 10.5. The molecule has 1 saturated heterocycles. The highest BCUT2D eigenvalue weighted by atomic mass is 32.2. The summed E-state index contributed by atoms with van der Waals surface area (Å²) in [5, 5.41) is 10.6. The number of hydrogen-bond acceptors (Lipinski definition) is 5. The van der Waals surface area contributed by atoms with Crippen molar-refractivity contribution in [3.8, 4) is 0 Å². The molecule has 2 N–H and O–H groups in total. The van der Waals surface area contributed by atoms with E-state index in [4.69, 9.17) is 5.73 Å². The second kappa shape index (κ2) is 7.60. The van der Waals surface area contributed by atoms with Gasteiger partial charge in [-0.15, -0.1) is 11.8 Å². The molecule has 1 aromatic carbocycles. The van der Waals surface area contributed by atoms with Gasteiger partial charge in [0.05, 0.1) is 10.7 Å². The van der Waals surface area contributed by atoms with Gasteiger partial charge < -0.3 is 10.6 Å².